The van der Waals surface area contributed by atoms with Gasteiger partial charge in [0.15, 0.2) is 5.16 Å². The fraction of sp³-hybridized carbons (Fsp3) is 0.417. The largest absolute Gasteiger partial charge is 0.325 e. The Bertz CT molecular complexity index is 1520. The summed E-state index contributed by atoms with van der Waals surface area (Å²) in [4.78, 5) is 50.4. The minimum Gasteiger partial charge on any atom is -0.325 e. The summed E-state index contributed by atoms with van der Waals surface area (Å²) in [5.74, 6) is -0.0303. The lowest BCUT2D eigenvalue weighted by Gasteiger charge is -2.18. The van der Waals surface area contributed by atoms with Crippen molar-refractivity contribution in [2.45, 2.75) is 62.6 Å². The Morgan fingerprint density at radius 1 is 1.12 bits per heavy atom. The van der Waals surface area contributed by atoms with Crippen LogP contribution in [0.2, 0.25) is 0 Å². The van der Waals surface area contributed by atoms with Gasteiger partial charge in [0.1, 0.15) is 4.83 Å². The molecule has 0 radical (unpaired) electrons. The predicted molar refractivity (Wildman–Crippen MR) is 136 cm³/mol. The molecule has 2 aliphatic rings. The highest BCUT2D eigenvalue weighted by Crippen LogP contribution is 2.37. The average molecular weight is 496 g/mol. The number of imidazole rings is 1. The normalized spacial score (nSPS) is 16.4. The average Bonchev–Trinajstić information content (AvgIpc) is 3.55. The summed E-state index contributed by atoms with van der Waals surface area (Å²) in [6.45, 7) is 0. The van der Waals surface area contributed by atoms with Crippen molar-refractivity contribution in [2.24, 2.45) is 0 Å². The first-order chi connectivity index (χ1) is 16.6. The van der Waals surface area contributed by atoms with E-state index in [0.717, 1.165) is 55.2 Å². The summed E-state index contributed by atoms with van der Waals surface area (Å²) in [6.07, 6.45) is 8.48. The van der Waals surface area contributed by atoms with Crippen molar-refractivity contribution >= 4 is 55.9 Å². The molecule has 3 aromatic heterocycles. The van der Waals surface area contributed by atoms with Crippen molar-refractivity contribution < 1.29 is 4.79 Å². The highest BCUT2D eigenvalue weighted by Gasteiger charge is 2.27. The van der Waals surface area contributed by atoms with E-state index in [9.17, 15) is 14.4 Å². The van der Waals surface area contributed by atoms with Crippen LogP contribution in [0.5, 0.6) is 0 Å². The molecular formula is C24H25N5O3S2. The zero-order valence-electron chi connectivity index (χ0n) is 18.6. The molecule has 34 heavy (non-hydrogen) atoms. The van der Waals surface area contributed by atoms with Crippen LogP contribution in [-0.4, -0.2) is 31.2 Å². The Morgan fingerprint density at radius 2 is 1.91 bits per heavy atom. The molecular weight excluding hydrogens is 470 g/mol. The number of anilines is 1. The zero-order chi connectivity index (χ0) is 23.2. The number of aromatic nitrogens is 4. The minimum absolute atomic E-state index is 0.0704. The molecule has 0 atom stereocenters. The second-order valence-electron chi connectivity index (χ2n) is 9.08. The van der Waals surface area contributed by atoms with Crippen molar-refractivity contribution in [1.82, 2.24) is 19.5 Å². The van der Waals surface area contributed by atoms with E-state index >= 15 is 0 Å². The van der Waals surface area contributed by atoms with Crippen molar-refractivity contribution in [2.75, 3.05) is 11.1 Å². The maximum atomic E-state index is 13.7. The third kappa shape index (κ3) is 3.88. The number of aryl methyl sites for hydroxylation is 2. The van der Waals surface area contributed by atoms with Gasteiger partial charge in [-0.05, 0) is 62.3 Å². The lowest BCUT2D eigenvalue weighted by atomic mass is 9.97. The number of thiophene rings is 1. The van der Waals surface area contributed by atoms with Gasteiger partial charge < -0.3 is 15.3 Å². The van der Waals surface area contributed by atoms with Gasteiger partial charge in [-0.2, -0.15) is 0 Å². The molecule has 10 heteroatoms. The fourth-order valence-corrected chi connectivity index (χ4v) is 7.39. The SMILES string of the molecule is O=C(CSc1nc2sc3c(c2c(=O)n1C1CCCC1)CCCC3)Nc1ccc2[nH]c(=O)[nH]c2c1. The van der Waals surface area contributed by atoms with Gasteiger partial charge in [-0.1, -0.05) is 24.6 Å². The molecule has 0 aliphatic heterocycles. The van der Waals surface area contributed by atoms with Crippen LogP contribution in [0.4, 0.5) is 5.69 Å². The summed E-state index contributed by atoms with van der Waals surface area (Å²) in [7, 11) is 0. The van der Waals surface area contributed by atoms with E-state index < -0.39 is 0 Å². The number of carbonyl (C=O) groups is 1. The lowest BCUT2D eigenvalue weighted by molar-refractivity contribution is -0.113. The highest BCUT2D eigenvalue weighted by atomic mass is 32.2. The highest BCUT2D eigenvalue weighted by molar-refractivity contribution is 7.99. The van der Waals surface area contributed by atoms with Gasteiger partial charge in [-0.25, -0.2) is 9.78 Å². The molecule has 3 N–H and O–H groups in total. The molecule has 0 unspecified atom stereocenters. The van der Waals surface area contributed by atoms with Crippen LogP contribution in [0.3, 0.4) is 0 Å². The van der Waals surface area contributed by atoms with Gasteiger partial charge >= 0.3 is 5.69 Å². The van der Waals surface area contributed by atoms with E-state index in [2.05, 4.69) is 15.3 Å². The number of H-pyrrole nitrogens is 2. The number of thioether (sulfide) groups is 1. The summed E-state index contributed by atoms with van der Waals surface area (Å²) in [6, 6.07) is 5.39. The van der Waals surface area contributed by atoms with Crippen LogP contribution in [0.25, 0.3) is 21.3 Å². The van der Waals surface area contributed by atoms with Crippen LogP contribution >= 0.6 is 23.1 Å². The molecule has 4 aromatic rings. The zero-order valence-corrected chi connectivity index (χ0v) is 20.2. The fourth-order valence-electron chi connectivity index (χ4n) is 5.22. The number of benzene rings is 1. The summed E-state index contributed by atoms with van der Waals surface area (Å²) in [5, 5.41) is 4.34. The number of rotatable bonds is 5. The van der Waals surface area contributed by atoms with Gasteiger partial charge in [0, 0.05) is 16.6 Å². The molecule has 2 aliphatic carbocycles. The number of nitrogens with one attached hydrogen (secondary N) is 3. The molecule has 1 saturated carbocycles. The van der Waals surface area contributed by atoms with Gasteiger partial charge in [-0.15, -0.1) is 11.3 Å². The Morgan fingerprint density at radius 3 is 2.76 bits per heavy atom. The molecule has 1 aromatic carbocycles. The quantitative estimate of drug-likeness (QED) is 0.281. The number of hydrogen-bond donors (Lipinski definition) is 3. The van der Waals surface area contributed by atoms with Crippen molar-refractivity contribution in [3.63, 3.8) is 0 Å². The lowest BCUT2D eigenvalue weighted by Crippen LogP contribution is -2.27. The number of amides is 1. The Hall–Kier alpha value is -2.85. The van der Waals surface area contributed by atoms with Crippen molar-refractivity contribution in [3.8, 4) is 0 Å². The first-order valence-electron chi connectivity index (χ1n) is 11.8. The van der Waals surface area contributed by atoms with Gasteiger partial charge in [0.2, 0.25) is 5.91 Å². The van der Waals surface area contributed by atoms with Crippen molar-refractivity contribution in [1.29, 1.82) is 0 Å². The molecule has 0 saturated heterocycles. The van der Waals surface area contributed by atoms with Crippen LogP contribution in [0.1, 0.15) is 55.0 Å². The van der Waals surface area contributed by atoms with Crippen molar-refractivity contribution in [3.05, 3.63) is 49.5 Å². The van der Waals surface area contributed by atoms with Crippen LogP contribution < -0.4 is 16.6 Å². The molecule has 3 heterocycles. The number of nitrogens with zero attached hydrogens (tertiary/aromatic N) is 2. The van der Waals surface area contributed by atoms with Crippen LogP contribution in [0, 0.1) is 0 Å². The van der Waals surface area contributed by atoms with E-state index in [4.69, 9.17) is 4.98 Å². The first kappa shape index (κ1) is 21.7. The van der Waals surface area contributed by atoms with Crippen LogP contribution in [0.15, 0.2) is 32.9 Å². The third-order valence-corrected chi connectivity index (χ3v) is 8.95. The van der Waals surface area contributed by atoms with E-state index in [1.807, 2.05) is 4.57 Å². The Balaban J connectivity index is 1.29. The molecule has 1 amide bonds. The van der Waals surface area contributed by atoms with E-state index in [1.54, 1.807) is 29.5 Å². The van der Waals surface area contributed by atoms with Gasteiger partial charge in [0.25, 0.3) is 5.56 Å². The minimum atomic E-state index is -0.282. The monoisotopic (exact) mass is 495 g/mol. The third-order valence-electron chi connectivity index (χ3n) is 6.81. The molecule has 176 valence electrons. The second-order valence-corrected chi connectivity index (χ2v) is 11.1. The Labute approximate surface area is 203 Å². The van der Waals surface area contributed by atoms with E-state index in [0.29, 0.717) is 21.9 Å². The number of hydrogen-bond acceptors (Lipinski definition) is 6. The van der Waals surface area contributed by atoms with Gasteiger partial charge in [0.05, 0.1) is 22.2 Å². The maximum absolute atomic E-state index is 13.7. The Kier molecular flexibility index (Phi) is 5.57. The van der Waals surface area contributed by atoms with E-state index in [1.165, 1.54) is 28.6 Å². The van der Waals surface area contributed by atoms with Gasteiger partial charge in [-0.3, -0.25) is 14.2 Å². The smallest absolute Gasteiger partial charge is 0.323 e. The maximum Gasteiger partial charge on any atom is 0.323 e. The molecule has 1 fully saturated rings. The summed E-state index contributed by atoms with van der Waals surface area (Å²) >= 11 is 2.98. The predicted octanol–water partition coefficient (Wildman–Crippen LogP) is 4.35. The summed E-state index contributed by atoms with van der Waals surface area (Å²) < 4.78 is 1.88. The van der Waals surface area contributed by atoms with Crippen LogP contribution in [-0.2, 0) is 17.6 Å². The first-order valence-corrected chi connectivity index (χ1v) is 13.6. The topological polar surface area (TPSA) is 113 Å². The molecule has 8 nitrogen and oxygen atoms in total. The number of aromatic amines is 2. The molecule has 0 spiro atoms. The molecule has 6 rings (SSSR count). The second kappa shape index (κ2) is 8.74. The van der Waals surface area contributed by atoms with E-state index in [-0.39, 0.29) is 29.0 Å². The number of fused-ring (bicyclic) bond motifs is 4. The molecule has 0 bridgehead atoms. The summed E-state index contributed by atoms with van der Waals surface area (Å²) in [5.41, 5.74) is 2.93. The number of carbonyl (C=O) groups excluding carboxylic acids is 1. The standard InChI is InChI=1S/C24H25N5O3S2/c30-19(25-13-9-10-16-17(11-13)27-23(32)26-16)12-33-24-28-21-20(15-7-3-4-8-18(15)34-21)22(31)29(24)14-5-1-2-6-14/h9-11,14H,1-8,12H2,(H,25,30)(H2,26,27,32).